The Balaban J connectivity index is 2.15. The molecule has 2 heterocycles. The Hall–Kier alpha value is -0.580. The highest BCUT2D eigenvalue weighted by Gasteiger charge is 2.26. The molecular weight excluding hydrogens is 232 g/mol. The fourth-order valence-electron chi connectivity index (χ4n) is 1.73. The van der Waals surface area contributed by atoms with Gasteiger partial charge in [0, 0.05) is 23.8 Å². The maximum Gasteiger partial charge on any atom is 0.107 e. The molecule has 1 aliphatic heterocycles. The smallest absolute Gasteiger partial charge is 0.107 e. The number of aromatic amines is 1. The fourth-order valence-corrected chi connectivity index (χ4v) is 2.20. The fraction of sp³-hybridized carbons (Fsp3) is 0.500. The monoisotopic (exact) mass is 244 g/mol. The lowest BCUT2D eigenvalue weighted by molar-refractivity contribution is 0.149. The number of hydrogen-bond donors (Lipinski definition) is 2. The topological polar surface area (TPSA) is 39.3 Å². The van der Waals surface area contributed by atoms with Crippen molar-refractivity contribution in [2.75, 3.05) is 18.0 Å². The molecule has 0 bridgehead atoms. The maximum atomic E-state index is 9.51. The highest BCUT2D eigenvalue weighted by molar-refractivity contribution is 7.71. The number of aromatic nitrogens is 1. The van der Waals surface area contributed by atoms with E-state index in [9.17, 15) is 5.11 Å². The molecule has 82 valence electrons. The van der Waals surface area contributed by atoms with Gasteiger partial charge in [0.15, 0.2) is 0 Å². The minimum Gasteiger partial charge on any atom is -0.391 e. The predicted octanol–water partition coefficient (Wildman–Crippen LogP) is 1.92. The zero-order chi connectivity index (χ0) is 10.8. The summed E-state index contributed by atoms with van der Waals surface area (Å²) in [4.78, 5) is 5.24. The predicted molar refractivity (Wildman–Crippen MR) is 64.1 cm³/mol. The largest absolute Gasteiger partial charge is 0.391 e. The van der Waals surface area contributed by atoms with Crippen LogP contribution in [0, 0.1) is 4.51 Å². The average Bonchev–Trinajstić information content (AvgIpc) is 2.22. The van der Waals surface area contributed by atoms with Crippen LogP contribution in [-0.2, 0) is 0 Å². The summed E-state index contributed by atoms with van der Waals surface area (Å²) in [6, 6.07) is 3.76. The van der Waals surface area contributed by atoms with Gasteiger partial charge in [0.25, 0.3) is 0 Å². The van der Waals surface area contributed by atoms with Crippen molar-refractivity contribution < 1.29 is 5.11 Å². The van der Waals surface area contributed by atoms with Crippen molar-refractivity contribution in [2.45, 2.75) is 17.9 Å². The zero-order valence-corrected chi connectivity index (χ0v) is 9.76. The third kappa shape index (κ3) is 2.51. The van der Waals surface area contributed by atoms with E-state index >= 15 is 0 Å². The molecule has 0 radical (unpaired) electrons. The molecule has 3 nitrogen and oxygen atoms in total. The molecule has 2 N–H and O–H groups in total. The Kier molecular flexibility index (Phi) is 3.29. The van der Waals surface area contributed by atoms with E-state index in [1.807, 2.05) is 18.3 Å². The Morgan fingerprint density at radius 3 is 3.07 bits per heavy atom. The van der Waals surface area contributed by atoms with Crippen molar-refractivity contribution in [1.29, 1.82) is 0 Å². The van der Waals surface area contributed by atoms with Gasteiger partial charge in [-0.25, -0.2) is 0 Å². The van der Waals surface area contributed by atoms with Gasteiger partial charge in [0.1, 0.15) is 5.82 Å². The second-order valence-corrected chi connectivity index (χ2v) is 4.76. The number of aliphatic hydroxyl groups is 1. The van der Waals surface area contributed by atoms with E-state index in [1.165, 1.54) is 0 Å². The summed E-state index contributed by atoms with van der Waals surface area (Å²) in [5, 5.41) is 9.30. The summed E-state index contributed by atoms with van der Waals surface area (Å²) in [5.41, 5.74) is 0. The molecule has 15 heavy (non-hydrogen) atoms. The zero-order valence-electron chi connectivity index (χ0n) is 8.19. The third-order valence-corrected chi connectivity index (χ3v) is 3.29. The molecule has 1 fully saturated rings. The average molecular weight is 245 g/mol. The number of aliphatic hydroxyl groups excluding tert-OH is 1. The summed E-state index contributed by atoms with van der Waals surface area (Å²) in [5.74, 6) is 0.972. The minimum absolute atomic E-state index is 0.207. The molecule has 1 aliphatic rings. The molecule has 1 aromatic rings. The number of nitrogens with zero attached hydrogens (tertiary/aromatic N) is 1. The number of hydrogen-bond acceptors (Lipinski definition) is 3. The van der Waals surface area contributed by atoms with Crippen LogP contribution in [-0.4, -0.2) is 34.7 Å². The molecule has 0 saturated carbocycles. The third-order valence-electron chi connectivity index (χ3n) is 2.61. The molecular formula is C10H13ClN2OS. The molecule has 2 rings (SSSR count). The normalized spacial score (nSPS) is 26.7. The lowest BCUT2D eigenvalue weighted by atomic mass is 10.1. The highest BCUT2D eigenvalue weighted by atomic mass is 35.5. The van der Waals surface area contributed by atoms with Crippen LogP contribution in [0.25, 0.3) is 0 Å². The first kappa shape index (κ1) is 10.9. The Morgan fingerprint density at radius 1 is 1.60 bits per heavy atom. The van der Waals surface area contributed by atoms with Crippen LogP contribution in [0.5, 0.6) is 0 Å². The van der Waals surface area contributed by atoms with Crippen LogP contribution in [0.4, 0.5) is 5.82 Å². The standard InChI is InChI=1S/C10H13ClN2OS/c11-8-6-13(4-2-9(8)14)10-5-7(15)1-3-12-10/h1,3,5,8-9,14H,2,4,6H2,(H,12,15). The molecule has 1 saturated heterocycles. The molecule has 2 atom stereocenters. The van der Waals surface area contributed by atoms with Crippen molar-refractivity contribution in [1.82, 2.24) is 4.98 Å². The van der Waals surface area contributed by atoms with Gasteiger partial charge in [-0.05, 0) is 18.6 Å². The Morgan fingerprint density at radius 2 is 2.40 bits per heavy atom. The van der Waals surface area contributed by atoms with E-state index in [-0.39, 0.29) is 5.38 Å². The number of halogens is 1. The minimum atomic E-state index is -0.394. The van der Waals surface area contributed by atoms with Gasteiger partial charge in [-0.2, -0.15) is 0 Å². The van der Waals surface area contributed by atoms with Crippen molar-refractivity contribution in [2.24, 2.45) is 0 Å². The first-order chi connectivity index (χ1) is 7.16. The van der Waals surface area contributed by atoms with E-state index in [2.05, 4.69) is 9.88 Å². The van der Waals surface area contributed by atoms with E-state index in [1.54, 1.807) is 0 Å². The number of alkyl halides is 1. The molecule has 0 aromatic carbocycles. The van der Waals surface area contributed by atoms with Gasteiger partial charge < -0.3 is 15.0 Å². The van der Waals surface area contributed by atoms with Crippen molar-refractivity contribution >= 4 is 29.6 Å². The number of rotatable bonds is 1. The summed E-state index contributed by atoms with van der Waals surface area (Å²) in [6.45, 7) is 1.46. The highest BCUT2D eigenvalue weighted by Crippen LogP contribution is 2.20. The number of nitrogens with one attached hydrogen (secondary N) is 1. The second kappa shape index (κ2) is 4.51. The second-order valence-electron chi connectivity index (χ2n) is 3.73. The molecule has 0 spiro atoms. The summed E-state index contributed by atoms with van der Waals surface area (Å²) in [7, 11) is 0. The van der Waals surface area contributed by atoms with Gasteiger partial charge in [-0.3, -0.25) is 0 Å². The van der Waals surface area contributed by atoms with Crippen molar-refractivity contribution in [3.63, 3.8) is 0 Å². The molecule has 0 aliphatic carbocycles. The molecule has 1 aromatic heterocycles. The molecule has 0 amide bonds. The quantitative estimate of drug-likeness (QED) is 0.586. The molecule has 2 unspecified atom stereocenters. The number of pyridine rings is 1. The lowest BCUT2D eigenvalue weighted by Gasteiger charge is -2.34. The van der Waals surface area contributed by atoms with Gasteiger partial charge in [0.2, 0.25) is 0 Å². The molecule has 5 heteroatoms. The van der Waals surface area contributed by atoms with Gasteiger partial charge in [0.05, 0.1) is 11.5 Å². The van der Waals surface area contributed by atoms with E-state index in [0.717, 1.165) is 16.9 Å². The van der Waals surface area contributed by atoms with Gasteiger partial charge in [-0.15, -0.1) is 11.6 Å². The summed E-state index contributed by atoms with van der Waals surface area (Å²) in [6.07, 6.45) is 2.13. The van der Waals surface area contributed by atoms with E-state index in [0.29, 0.717) is 13.0 Å². The van der Waals surface area contributed by atoms with E-state index in [4.69, 9.17) is 23.8 Å². The Labute approximate surface area is 98.7 Å². The van der Waals surface area contributed by atoms with Crippen LogP contribution >= 0.6 is 23.8 Å². The maximum absolute atomic E-state index is 9.51. The van der Waals surface area contributed by atoms with Crippen molar-refractivity contribution in [3.8, 4) is 0 Å². The van der Waals surface area contributed by atoms with Gasteiger partial charge >= 0.3 is 0 Å². The summed E-state index contributed by atoms with van der Waals surface area (Å²) < 4.78 is 0.806. The number of anilines is 1. The lowest BCUT2D eigenvalue weighted by Crippen LogP contribution is -2.44. The summed E-state index contributed by atoms with van der Waals surface area (Å²) >= 11 is 11.1. The van der Waals surface area contributed by atoms with Crippen LogP contribution in [0.15, 0.2) is 18.3 Å². The SMILES string of the molecule is OC1CCN(c2cc(=S)cc[nH]2)CC1Cl. The number of piperidine rings is 1. The van der Waals surface area contributed by atoms with Crippen LogP contribution in [0.3, 0.4) is 0 Å². The van der Waals surface area contributed by atoms with Crippen molar-refractivity contribution in [3.05, 3.63) is 22.8 Å². The van der Waals surface area contributed by atoms with Crippen LogP contribution < -0.4 is 4.90 Å². The van der Waals surface area contributed by atoms with E-state index < -0.39 is 6.10 Å². The number of H-pyrrole nitrogens is 1. The Bertz CT molecular complexity index is 395. The van der Waals surface area contributed by atoms with Crippen LogP contribution in [0.1, 0.15) is 6.42 Å². The van der Waals surface area contributed by atoms with Crippen LogP contribution in [0.2, 0.25) is 0 Å². The first-order valence-electron chi connectivity index (χ1n) is 4.92. The van der Waals surface area contributed by atoms with Gasteiger partial charge in [-0.1, -0.05) is 12.2 Å². The first-order valence-corrected chi connectivity index (χ1v) is 5.77.